The van der Waals surface area contributed by atoms with Crippen molar-refractivity contribution in [3.8, 4) is 18.2 Å². The van der Waals surface area contributed by atoms with Gasteiger partial charge in [-0.3, -0.25) is 5.41 Å². The predicted octanol–water partition coefficient (Wildman–Crippen LogP) is 3.20. The second-order valence-corrected chi connectivity index (χ2v) is 6.90. The van der Waals surface area contributed by atoms with Crippen LogP contribution in [0, 0.1) is 56.2 Å². The van der Waals surface area contributed by atoms with E-state index < -0.39 is 28.6 Å². The van der Waals surface area contributed by atoms with Gasteiger partial charge < -0.3 is 9.47 Å². The molecule has 6 heteroatoms. The molecule has 124 valence electrons. The van der Waals surface area contributed by atoms with Crippen molar-refractivity contribution in [2.24, 2.45) is 16.7 Å². The summed E-state index contributed by atoms with van der Waals surface area (Å²) >= 11 is 0. The van der Waals surface area contributed by atoms with Crippen LogP contribution in [-0.2, 0) is 9.47 Å². The Morgan fingerprint density at radius 1 is 1.04 bits per heavy atom. The summed E-state index contributed by atoms with van der Waals surface area (Å²) in [6.07, 6.45) is 1.93. The van der Waals surface area contributed by atoms with Gasteiger partial charge in [-0.1, -0.05) is 36.8 Å². The van der Waals surface area contributed by atoms with Gasteiger partial charge in [-0.2, -0.15) is 15.8 Å². The normalized spacial score (nSPS) is 37.7. The van der Waals surface area contributed by atoms with Gasteiger partial charge in [-0.05, 0) is 18.4 Å². The zero-order valence-electron chi connectivity index (χ0n) is 13.5. The van der Waals surface area contributed by atoms with Crippen LogP contribution in [-0.4, -0.2) is 11.7 Å². The molecule has 1 aliphatic carbocycles. The quantitative estimate of drug-likeness (QED) is 0.848. The molecule has 4 rings (SSSR count). The number of ether oxygens (including phenoxy) is 2. The maximum Gasteiger partial charge on any atom is 0.217 e. The SMILES string of the molecule is N#CC1(C#N)[C@H](c2ccccc2)O[C@]23CCCC[C@H]2[C@@]1(C#N)C(=N)O3. The van der Waals surface area contributed by atoms with Crippen LogP contribution in [0.2, 0.25) is 0 Å². The van der Waals surface area contributed by atoms with Gasteiger partial charge in [0, 0.05) is 6.42 Å². The summed E-state index contributed by atoms with van der Waals surface area (Å²) in [4.78, 5) is 0. The number of rotatable bonds is 1. The van der Waals surface area contributed by atoms with Gasteiger partial charge in [0.2, 0.25) is 17.1 Å². The maximum absolute atomic E-state index is 10.1. The van der Waals surface area contributed by atoms with Crippen LogP contribution in [0.15, 0.2) is 30.3 Å². The monoisotopic (exact) mass is 332 g/mol. The van der Waals surface area contributed by atoms with Crippen molar-refractivity contribution in [1.29, 1.82) is 21.2 Å². The second kappa shape index (κ2) is 5.06. The van der Waals surface area contributed by atoms with Crippen molar-refractivity contribution in [3.63, 3.8) is 0 Å². The van der Waals surface area contributed by atoms with Crippen molar-refractivity contribution in [3.05, 3.63) is 35.9 Å². The van der Waals surface area contributed by atoms with E-state index in [1.807, 2.05) is 6.07 Å². The Morgan fingerprint density at radius 2 is 1.76 bits per heavy atom. The Balaban J connectivity index is 2.01. The van der Waals surface area contributed by atoms with E-state index in [2.05, 4.69) is 18.2 Å². The average molecular weight is 332 g/mol. The number of nitrogens with zero attached hydrogens (tertiary/aromatic N) is 3. The van der Waals surface area contributed by atoms with Gasteiger partial charge in [0.25, 0.3) is 0 Å². The Hall–Kier alpha value is -2.88. The molecule has 4 atom stereocenters. The standard InChI is InChI=1S/C19H16N4O2/c20-10-17(11-21)15(13-6-2-1-3-7-13)24-19-9-5-4-8-14(19)18(17,12-22)16(23)25-19/h1-3,6-7,14-15,23H,4-5,8-9H2/t14-,15-,18-,19-/m0/s1. The second-order valence-electron chi connectivity index (χ2n) is 6.90. The third-order valence-electron chi connectivity index (χ3n) is 5.92. The van der Waals surface area contributed by atoms with Crippen LogP contribution in [0.25, 0.3) is 0 Å². The largest absolute Gasteiger partial charge is 0.447 e. The van der Waals surface area contributed by atoms with E-state index in [1.165, 1.54) is 0 Å². The van der Waals surface area contributed by atoms with Gasteiger partial charge in [0.1, 0.15) is 6.10 Å². The highest BCUT2D eigenvalue weighted by atomic mass is 16.7. The molecule has 2 saturated heterocycles. The number of nitriles is 3. The molecule has 0 unspecified atom stereocenters. The van der Waals surface area contributed by atoms with Gasteiger partial charge in [0.15, 0.2) is 5.41 Å². The molecular weight excluding hydrogens is 316 g/mol. The summed E-state index contributed by atoms with van der Waals surface area (Å²) in [6.45, 7) is 0. The molecular formula is C19H16N4O2. The van der Waals surface area contributed by atoms with Crippen LogP contribution in [0.4, 0.5) is 0 Å². The van der Waals surface area contributed by atoms with E-state index in [-0.39, 0.29) is 5.90 Å². The van der Waals surface area contributed by atoms with Gasteiger partial charge >= 0.3 is 0 Å². The highest BCUT2D eigenvalue weighted by molar-refractivity contribution is 5.89. The molecule has 3 fully saturated rings. The van der Waals surface area contributed by atoms with Crippen molar-refractivity contribution in [2.75, 3.05) is 0 Å². The average Bonchev–Trinajstić information content (AvgIpc) is 2.87. The molecule has 1 aromatic rings. The molecule has 0 amide bonds. The summed E-state index contributed by atoms with van der Waals surface area (Å²) in [6, 6.07) is 15.3. The number of hydrogen-bond acceptors (Lipinski definition) is 6. The van der Waals surface area contributed by atoms with E-state index in [0.717, 1.165) is 12.8 Å². The molecule has 1 saturated carbocycles. The smallest absolute Gasteiger partial charge is 0.217 e. The van der Waals surface area contributed by atoms with Crippen LogP contribution in [0.1, 0.15) is 37.4 Å². The fraction of sp³-hybridized carbons (Fsp3) is 0.474. The van der Waals surface area contributed by atoms with E-state index >= 15 is 0 Å². The van der Waals surface area contributed by atoms with Crippen LogP contribution >= 0.6 is 0 Å². The van der Waals surface area contributed by atoms with E-state index in [0.29, 0.717) is 18.4 Å². The molecule has 0 aromatic heterocycles. The Labute approximate surface area is 145 Å². The fourth-order valence-electron chi connectivity index (χ4n) is 4.79. The lowest BCUT2D eigenvalue weighted by molar-refractivity contribution is -0.294. The first-order chi connectivity index (χ1) is 12.1. The van der Waals surface area contributed by atoms with Crippen molar-refractivity contribution in [1.82, 2.24) is 0 Å². The highest BCUT2D eigenvalue weighted by Crippen LogP contribution is 2.69. The number of hydrogen-bond donors (Lipinski definition) is 1. The van der Waals surface area contributed by atoms with Gasteiger partial charge in [0.05, 0.1) is 24.1 Å². The minimum Gasteiger partial charge on any atom is -0.447 e. The van der Waals surface area contributed by atoms with Crippen molar-refractivity contribution < 1.29 is 9.47 Å². The molecule has 1 N–H and O–H groups in total. The maximum atomic E-state index is 10.1. The predicted molar refractivity (Wildman–Crippen MR) is 85.5 cm³/mol. The van der Waals surface area contributed by atoms with Crippen molar-refractivity contribution >= 4 is 5.90 Å². The molecule has 3 aliphatic rings. The van der Waals surface area contributed by atoms with E-state index in [9.17, 15) is 15.8 Å². The number of nitrogens with one attached hydrogen (secondary N) is 1. The Kier molecular flexibility index (Phi) is 3.16. The summed E-state index contributed by atoms with van der Waals surface area (Å²) in [5.74, 6) is -1.88. The van der Waals surface area contributed by atoms with Gasteiger partial charge in [-0.15, -0.1) is 0 Å². The summed E-state index contributed by atoms with van der Waals surface area (Å²) < 4.78 is 12.1. The third-order valence-corrected chi connectivity index (χ3v) is 5.92. The molecule has 2 heterocycles. The first-order valence-electron chi connectivity index (χ1n) is 8.35. The molecule has 2 bridgehead atoms. The molecule has 2 aliphatic heterocycles. The van der Waals surface area contributed by atoms with Gasteiger partial charge in [-0.25, -0.2) is 0 Å². The lowest BCUT2D eigenvalue weighted by atomic mass is 9.51. The minimum absolute atomic E-state index is 0.302. The fourth-order valence-corrected chi connectivity index (χ4v) is 4.79. The van der Waals surface area contributed by atoms with E-state index in [4.69, 9.17) is 14.9 Å². The molecule has 0 spiro atoms. The zero-order chi connectivity index (χ0) is 17.7. The molecule has 0 radical (unpaired) electrons. The lowest BCUT2D eigenvalue weighted by Crippen LogP contribution is -2.60. The molecule has 1 aromatic carbocycles. The van der Waals surface area contributed by atoms with Crippen LogP contribution < -0.4 is 0 Å². The first-order valence-corrected chi connectivity index (χ1v) is 8.35. The highest BCUT2D eigenvalue weighted by Gasteiger charge is 2.80. The Bertz CT molecular complexity index is 848. The first kappa shape index (κ1) is 15.6. The summed E-state index contributed by atoms with van der Waals surface area (Å²) in [5.41, 5.74) is -2.80. The van der Waals surface area contributed by atoms with E-state index in [1.54, 1.807) is 24.3 Å². The summed E-state index contributed by atoms with van der Waals surface area (Å²) in [7, 11) is 0. The lowest BCUT2D eigenvalue weighted by Gasteiger charge is -2.51. The topological polar surface area (TPSA) is 114 Å². The Morgan fingerprint density at radius 3 is 2.40 bits per heavy atom. The number of benzene rings is 1. The van der Waals surface area contributed by atoms with Crippen LogP contribution in [0.5, 0.6) is 0 Å². The molecule has 6 nitrogen and oxygen atoms in total. The third kappa shape index (κ3) is 1.62. The summed E-state index contributed by atoms with van der Waals surface area (Å²) in [5, 5.41) is 38.6. The molecule has 25 heavy (non-hydrogen) atoms. The zero-order valence-corrected chi connectivity index (χ0v) is 13.5. The van der Waals surface area contributed by atoms with Crippen LogP contribution in [0.3, 0.4) is 0 Å². The van der Waals surface area contributed by atoms with Crippen molar-refractivity contribution in [2.45, 2.75) is 37.6 Å². The minimum atomic E-state index is -1.83.